The highest BCUT2D eigenvalue weighted by molar-refractivity contribution is 5.99. The second-order valence-corrected chi connectivity index (χ2v) is 3.87. The molecule has 1 aromatic heterocycles. The Hall–Kier alpha value is -2.17. The van der Waals surface area contributed by atoms with Crippen LogP contribution in [0.3, 0.4) is 0 Å². The molecule has 0 spiro atoms. The summed E-state index contributed by atoms with van der Waals surface area (Å²) >= 11 is 0. The fourth-order valence-corrected chi connectivity index (χ4v) is 1.74. The smallest absolute Gasteiger partial charge is 0.177 e. The zero-order valence-corrected chi connectivity index (χ0v) is 10.2. The lowest BCUT2D eigenvalue weighted by atomic mass is 10.1. The van der Waals surface area contributed by atoms with Gasteiger partial charge in [0.25, 0.3) is 0 Å². The topological polar surface area (TPSA) is 44.1 Å². The van der Waals surface area contributed by atoms with Crippen LogP contribution in [0.2, 0.25) is 0 Å². The van der Waals surface area contributed by atoms with Crippen LogP contribution in [-0.2, 0) is 13.5 Å². The van der Waals surface area contributed by atoms with E-state index in [1.807, 2.05) is 0 Å². The summed E-state index contributed by atoms with van der Waals surface area (Å²) in [7, 11) is 3.19. The Morgan fingerprint density at radius 1 is 1.50 bits per heavy atom. The molecule has 0 bridgehead atoms. The Balaban J connectivity index is 2.32. The lowest BCUT2D eigenvalue weighted by Gasteiger charge is -2.08. The molecule has 0 saturated carbocycles. The lowest BCUT2D eigenvalue weighted by molar-refractivity contribution is 0.0983. The Morgan fingerprint density at radius 3 is 2.89 bits per heavy atom. The van der Waals surface area contributed by atoms with Crippen molar-refractivity contribution < 1.29 is 13.9 Å². The molecule has 0 unspecified atom stereocenters. The van der Waals surface area contributed by atoms with Crippen molar-refractivity contribution in [3.05, 3.63) is 47.8 Å². The molecule has 0 atom stereocenters. The summed E-state index contributed by atoms with van der Waals surface area (Å²) in [6.45, 7) is 0. The number of benzene rings is 1. The number of methoxy groups -OCH3 is 1. The molecule has 0 amide bonds. The molecule has 0 saturated heterocycles. The Kier molecular flexibility index (Phi) is 3.41. The van der Waals surface area contributed by atoms with E-state index in [1.165, 1.54) is 19.2 Å². The largest absolute Gasteiger partial charge is 0.496 e. The average Bonchev–Trinajstić information content (AvgIpc) is 2.74. The van der Waals surface area contributed by atoms with Crippen LogP contribution < -0.4 is 4.74 Å². The van der Waals surface area contributed by atoms with Crippen LogP contribution in [0, 0.1) is 5.82 Å². The number of aromatic nitrogens is 2. The molecule has 1 heterocycles. The standard InChI is InChI=1S/C13H13FN2O2/c1-16-7-6-15-12(16)8-10(17)13-9(14)4-3-5-11(13)18-2/h3-7H,8H2,1-2H3. The van der Waals surface area contributed by atoms with Gasteiger partial charge in [0, 0.05) is 19.4 Å². The highest BCUT2D eigenvalue weighted by Crippen LogP contribution is 2.22. The number of aryl methyl sites for hydroxylation is 1. The molecule has 1 aromatic carbocycles. The van der Waals surface area contributed by atoms with Crippen LogP contribution in [0.4, 0.5) is 4.39 Å². The van der Waals surface area contributed by atoms with Crippen molar-refractivity contribution in [1.82, 2.24) is 9.55 Å². The SMILES string of the molecule is COc1cccc(F)c1C(=O)Cc1nccn1C. The van der Waals surface area contributed by atoms with Gasteiger partial charge in [0.15, 0.2) is 5.78 Å². The predicted octanol–water partition coefficient (Wildman–Crippen LogP) is 1.99. The van der Waals surface area contributed by atoms with Gasteiger partial charge in [0.1, 0.15) is 17.4 Å². The maximum atomic E-state index is 13.7. The van der Waals surface area contributed by atoms with Gasteiger partial charge in [-0.2, -0.15) is 0 Å². The number of carbonyl (C=O) groups is 1. The molecule has 0 fully saturated rings. The summed E-state index contributed by atoms with van der Waals surface area (Å²) in [6, 6.07) is 4.31. The van der Waals surface area contributed by atoms with Gasteiger partial charge < -0.3 is 9.30 Å². The maximum Gasteiger partial charge on any atom is 0.177 e. The summed E-state index contributed by atoms with van der Waals surface area (Å²) in [6.07, 6.45) is 3.38. The van der Waals surface area contributed by atoms with E-state index in [-0.39, 0.29) is 23.5 Å². The van der Waals surface area contributed by atoms with Crippen LogP contribution in [0.1, 0.15) is 16.2 Å². The molecular weight excluding hydrogens is 235 g/mol. The van der Waals surface area contributed by atoms with Gasteiger partial charge in [0.2, 0.25) is 0 Å². The molecule has 4 nitrogen and oxygen atoms in total. The molecule has 0 aliphatic heterocycles. The molecular formula is C13H13FN2O2. The molecule has 0 N–H and O–H groups in total. The molecule has 0 aliphatic carbocycles. The van der Waals surface area contributed by atoms with E-state index in [9.17, 15) is 9.18 Å². The Labute approximate surface area is 104 Å². The predicted molar refractivity (Wildman–Crippen MR) is 64.2 cm³/mol. The number of Topliss-reactive ketones (excluding diaryl/α,β-unsaturated/α-hetero) is 1. The van der Waals surface area contributed by atoms with E-state index >= 15 is 0 Å². The second kappa shape index (κ2) is 5.00. The number of ether oxygens (including phenoxy) is 1. The van der Waals surface area contributed by atoms with Crippen LogP contribution in [0.5, 0.6) is 5.75 Å². The van der Waals surface area contributed by atoms with Crippen molar-refractivity contribution in [3.8, 4) is 5.75 Å². The first kappa shape index (κ1) is 12.3. The number of halogens is 1. The van der Waals surface area contributed by atoms with Crippen molar-refractivity contribution in [3.63, 3.8) is 0 Å². The third kappa shape index (κ3) is 2.25. The van der Waals surface area contributed by atoms with Crippen LogP contribution in [0.15, 0.2) is 30.6 Å². The van der Waals surface area contributed by atoms with E-state index < -0.39 is 5.82 Å². The molecule has 2 aromatic rings. The highest BCUT2D eigenvalue weighted by Gasteiger charge is 2.19. The van der Waals surface area contributed by atoms with Crippen molar-refractivity contribution in [2.24, 2.45) is 7.05 Å². The van der Waals surface area contributed by atoms with Gasteiger partial charge in [-0.05, 0) is 12.1 Å². The van der Waals surface area contributed by atoms with Crippen LogP contribution in [-0.4, -0.2) is 22.4 Å². The monoisotopic (exact) mass is 248 g/mol. The van der Waals surface area contributed by atoms with Crippen molar-refractivity contribution in [2.45, 2.75) is 6.42 Å². The first-order valence-electron chi connectivity index (χ1n) is 5.45. The van der Waals surface area contributed by atoms with Crippen molar-refractivity contribution >= 4 is 5.78 Å². The van der Waals surface area contributed by atoms with E-state index in [2.05, 4.69) is 4.98 Å². The minimum atomic E-state index is -0.575. The zero-order chi connectivity index (χ0) is 13.1. The molecule has 0 aliphatic rings. The molecule has 2 rings (SSSR count). The normalized spacial score (nSPS) is 10.4. The molecule has 0 radical (unpaired) electrons. The number of nitrogens with zero attached hydrogens (tertiary/aromatic N) is 2. The minimum absolute atomic E-state index is 0.0250. The molecule has 94 valence electrons. The fraction of sp³-hybridized carbons (Fsp3) is 0.231. The first-order valence-corrected chi connectivity index (χ1v) is 5.45. The molecule has 5 heteroatoms. The highest BCUT2D eigenvalue weighted by atomic mass is 19.1. The third-order valence-corrected chi connectivity index (χ3v) is 2.71. The fourth-order valence-electron chi connectivity index (χ4n) is 1.74. The van der Waals surface area contributed by atoms with Gasteiger partial charge >= 0.3 is 0 Å². The van der Waals surface area contributed by atoms with E-state index in [1.54, 1.807) is 30.1 Å². The van der Waals surface area contributed by atoms with Gasteiger partial charge in [-0.15, -0.1) is 0 Å². The van der Waals surface area contributed by atoms with E-state index in [0.29, 0.717) is 5.82 Å². The quantitative estimate of drug-likeness (QED) is 0.777. The third-order valence-electron chi connectivity index (χ3n) is 2.71. The van der Waals surface area contributed by atoms with Crippen molar-refractivity contribution in [2.75, 3.05) is 7.11 Å². The van der Waals surface area contributed by atoms with Crippen LogP contribution in [0.25, 0.3) is 0 Å². The maximum absolute atomic E-state index is 13.7. The van der Waals surface area contributed by atoms with E-state index in [0.717, 1.165) is 0 Å². The van der Waals surface area contributed by atoms with Gasteiger partial charge in [0.05, 0.1) is 19.1 Å². The number of imidazole rings is 1. The average molecular weight is 248 g/mol. The zero-order valence-electron chi connectivity index (χ0n) is 10.2. The lowest BCUT2D eigenvalue weighted by Crippen LogP contribution is -2.11. The Morgan fingerprint density at radius 2 is 2.28 bits per heavy atom. The van der Waals surface area contributed by atoms with E-state index in [4.69, 9.17) is 4.74 Å². The number of carbonyl (C=O) groups excluding carboxylic acids is 1. The minimum Gasteiger partial charge on any atom is -0.496 e. The van der Waals surface area contributed by atoms with Gasteiger partial charge in [-0.1, -0.05) is 6.07 Å². The Bertz CT molecular complexity index is 578. The number of hydrogen-bond acceptors (Lipinski definition) is 3. The van der Waals surface area contributed by atoms with Gasteiger partial charge in [-0.25, -0.2) is 9.37 Å². The molecule has 18 heavy (non-hydrogen) atoms. The summed E-state index contributed by atoms with van der Waals surface area (Å²) in [5.41, 5.74) is -0.0250. The second-order valence-electron chi connectivity index (χ2n) is 3.87. The number of hydrogen-bond donors (Lipinski definition) is 0. The summed E-state index contributed by atoms with van der Waals surface area (Å²) in [4.78, 5) is 16.1. The summed E-state index contributed by atoms with van der Waals surface area (Å²) < 4.78 is 20.4. The number of rotatable bonds is 4. The summed E-state index contributed by atoms with van der Waals surface area (Å²) in [5, 5.41) is 0. The van der Waals surface area contributed by atoms with Gasteiger partial charge in [-0.3, -0.25) is 4.79 Å². The number of ketones is 1. The summed E-state index contributed by atoms with van der Waals surface area (Å²) in [5.74, 6) is -0.0904. The first-order chi connectivity index (χ1) is 8.63. The van der Waals surface area contributed by atoms with Crippen LogP contribution >= 0.6 is 0 Å². The van der Waals surface area contributed by atoms with Crippen molar-refractivity contribution in [1.29, 1.82) is 0 Å².